The van der Waals surface area contributed by atoms with Crippen molar-refractivity contribution in [1.82, 2.24) is 15.5 Å². The average molecular weight is 273 g/mol. The van der Waals surface area contributed by atoms with Crippen molar-refractivity contribution in [3.63, 3.8) is 0 Å². The Morgan fingerprint density at radius 3 is 2.11 bits per heavy atom. The lowest BCUT2D eigenvalue weighted by molar-refractivity contribution is -0.145. The fraction of sp³-hybridized carbons (Fsp3) is 0.636. The molecule has 0 rings (SSSR count). The van der Waals surface area contributed by atoms with Crippen molar-refractivity contribution in [1.29, 1.82) is 0 Å². The van der Waals surface area contributed by atoms with Gasteiger partial charge in [-0.2, -0.15) is 0 Å². The Morgan fingerprint density at radius 2 is 1.68 bits per heavy atom. The normalized spacial score (nSPS) is 9.89. The molecule has 0 fully saturated rings. The molecule has 0 aliphatic rings. The first kappa shape index (κ1) is 16.9. The van der Waals surface area contributed by atoms with Crippen molar-refractivity contribution in [3.8, 4) is 0 Å². The van der Waals surface area contributed by atoms with E-state index in [0.29, 0.717) is 0 Å². The molecule has 8 heteroatoms. The largest absolute Gasteiger partial charge is 0.480 e. The third kappa shape index (κ3) is 7.74. The highest BCUT2D eigenvalue weighted by molar-refractivity contribution is 5.89. The molecular formula is C11H19N3O5. The summed E-state index contributed by atoms with van der Waals surface area (Å²) in [5.41, 5.74) is 0. The summed E-state index contributed by atoms with van der Waals surface area (Å²) in [7, 11) is 0. The molecule has 0 heterocycles. The predicted octanol–water partition coefficient (Wildman–Crippen LogP) is -1.44. The van der Waals surface area contributed by atoms with Gasteiger partial charge in [0.25, 0.3) is 0 Å². The van der Waals surface area contributed by atoms with Crippen molar-refractivity contribution in [3.05, 3.63) is 0 Å². The number of carbonyl (C=O) groups is 4. The van der Waals surface area contributed by atoms with Gasteiger partial charge in [-0.1, -0.05) is 0 Å². The molecule has 3 N–H and O–H groups in total. The highest BCUT2D eigenvalue weighted by Gasteiger charge is 2.19. The second-order valence-electron chi connectivity index (χ2n) is 4.20. The second-order valence-corrected chi connectivity index (χ2v) is 4.20. The van der Waals surface area contributed by atoms with Gasteiger partial charge >= 0.3 is 5.97 Å². The van der Waals surface area contributed by atoms with Crippen molar-refractivity contribution in [2.24, 2.45) is 0 Å². The van der Waals surface area contributed by atoms with Crippen LogP contribution in [-0.2, 0) is 19.2 Å². The zero-order chi connectivity index (χ0) is 15.0. The summed E-state index contributed by atoms with van der Waals surface area (Å²) in [6, 6.07) is -0.282. The van der Waals surface area contributed by atoms with Crippen LogP contribution in [-0.4, -0.2) is 59.4 Å². The van der Waals surface area contributed by atoms with Crippen LogP contribution in [0.15, 0.2) is 0 Å². The van der Waals surface area contributed by atoms with Crippen LogP contribution >= 0.6 is 0 Å². The summed E-state index contributed by atoms with van der Waals surface area (Å²) in [6.45, 7) is 3.69. The minimum atomic E-state index is -1.12. The molecule has 0 aliphatic heterocycles. The highest BCUT2D eigenvalue weighted by Crippen LogP contribution is 1.98. The van der Waals surface area contributed by atoms with E-state index in [-0.39, 0.29) is 25.0 Å². The van der Waals surface area contributed by atoms with Gasteiger partial charge in [0.15, 0.2) is 0 Å². The monoisotopic (exact) mass is 273 g/mol. The molecule has 0 aromatic heterocycles. The SMILES string of the molecule is CC(=O)NCC(=O)NCC(=O)N(CC(=O)O)C(C)C. The van der Waals surface area contributed by atoms with E-state index in [1.165, 1.54) is 6.92 Å². The zero-order valence-corrected chi connectivity index (χ0v) is 11.2. The Balaban J connectivity index is 4.22. The number of amides is 3. The van der Waals surface area contributed by atoms with E-state index in [9.17, 15) is 19.2 Å². The molecule has 0 aliphatic carbocycles. The Labute approximate surface area is 111 Å². The first-order valence-corrected chi connectivity index (χ1v) is 5.76. The van der Waals surface area contributed by atoms with Gasteiger partial charge in [-0.15, -0.1) is 0 Å². The van der Waals surface area contributed by atoms with E-state index in [4.69, 9.17) is 5.11 Å². The lowest BCUT2D eigenvalue weighted by Crippen LogP contribution is -2.47. The van der Waals surface area contributed by atoms with Gasteiger partial charge in [-0.25, -0.2) is 0 Å². The molecule has 0 atom stereocenters. The predicted molar refractivity (Wildman–Crippen MR) is 66.2 cm³/mol. The Bertz CT molecular complexity index is 367. The lowest BCUT2D eigenvalue weighted by Gasteiger charge is -2.24. The molecule has 0 aromatic rings. The van der Waals surface area contributed by atoms with Crippen LogP contribution in [0.2, 0.25) is 0 Å². The fourth-order valence-electron chi connectivity index (χ4n) is 1.25. The molecule has 0 radical (unpaired) electrons. The van der Waals surface area contributed by atoms with Crippen molar-refractivity contribution >= 4 is 23.7 Å². The maximum Gasteiger partial charge on any atom is 0.323 e. The number of hydrogen-bond acceptors (Lipinski definition) is 4. The summed E-state index contributed by atoms with van der Waals surface area (Å²) >= 11 is 0. The second kappa shape index (κ2) is 8.06. The van der Waals surface area contributed by atoms with E-state index in [1.807, 2.05) is 0 Å². The number of carboxylic acid groups (broad SMARTS) is 1. The van der Waals surface area contributed by atoms with Crippen LogP contribution in [0.3, 0.4) is 0 Å². The van der Waals surface area contributed by atoms with E-state index in [2.05, 4.69) is 10.6 Å². The quantitative estimate of drug-likeness (QED) is 0.525. The van der Waals surface area contributed by atoms with Crippen LogP contribution in [0.25, 0.3) is 0 Å². The van der Waals surface area contributed by atoms with E-state index < -0.39 is 24.3 Å². The number of hydrogen-bond donors (Lipinski definition) is 3. The van der Waals surface area contributed by atoms with Gasteiger partial charge in [0.1, 0.15) is 6.54 Å². The van der Waals surface area contributed by atoms with Gasteiger partial charge in [-0.05, 0) is 13.8 Å². The maximum atomic E-state index is 11.7. The Kier molecular flexibility index (Phi) is 7.16. The number of carboxylic acids is 1. The molecule has 0 aromatic carbocycles. The van der Waals surface area contributed by atoms with Crippen molar-refractivity contribution in [2.75, 3.05) is 19.6 Å². The van der Waals surface area contributed by atoms with E-state index in [0.717, 1.165) is 4.90 Å². The standard InChI is InChI=1S/C11H19N3O5/c1-7(2)14(6-11(18)19)10(17)5-13-9(16)4-12-8(3)15/h7H,4-6H2,1-3H3,(H,12,15)(H,13,16)(H,18,19). The number of nitrogens with zero attached hydrogens (tertiary/aromatic N) is 1. The molecule has 0 saturated heterocycles. The summed E-state index contributed by atoms with van der Waals surface area (Å²) in [5, 5.41) is 13.3. The summed E-state index contributed by atoms with van der Waals surface area (Å²) in [4.78, 5) is 45.3. The number of aliphatic carboxylic acids is 1. The zero-order valence-electron chi connectivity index (χ0n) is 11.2. The van der Waals surface area contributed by atoms with Gasteiger partial charge in [0, 0.05) is 13.0 Å². The minimum Gasteiger partial charge on any atom is -0.480 e. The minimum absolute atomic E-state index is 0.219. The van der Waals surface area contributed by atoms with Crippen LogP contribution in [0.1, 0.15) is 20.8 Å². The average Bonchev–Trinajstić information content (AvgIpc) is 2.29. The van der Waals surface area contributed by atoms with Crippen molar-refractivity contribution < 1.29 is 24.3 Å². The van der Waals surface area contributed by atoms with Crippen LogP contribution in [0.4, 0.5) is 0 Å². The van der Waals surface area contributed by atoms with Crippen LogP contribution < -0.4 is 10.6 Å². The molecule has 3 amide bonds. The molecule has 0 saturated carbocycles. The van der Waals surface area contributed by atoms with E-state index in [1.54, 1.807) is 13.8 Å². The number of carbonyl (C=O) groups excluding carboxylic acids is 3. The van der Waals surface area contributed by atoms with Gasteiger partial charge in [0.2, 0.25) is 17.7 Å². The van der Waals surface area contributed by atoms with Gasteiger partial charge in [0.05, 0.1) is 13.1 Å². The third-order valence-electron chi connectivity index (χ3n) is 2.18. The van der Waals surface area contributed by atoms with Crippen molar-refractivity contribution in [2.45, 2.75) is 26.8 Å². The first-order valence-electron chi connectivity index (χ1n) is 5.76. The third-order valence-corrected chi connectivity index (χ3v) is 2.18. The lowest BCUT2D eigenvalue weighted by atomic mass is 10.3. The molecular weight excluding hydrogens is 254 g/mol. The molecule has 19 heavy (non-hydrogen) atoms. The van der Waals surface area contributed by atoms with Crippen LogP contribution in [0, 0.1) is 0 Å². The Morgan fingerprint density at radius 1 is 1.11 bits per heavy atom. The topological polar surface area (TPSA) is 116 Å². The Hall–Kier alpha value is -2.12. The molecule has 0 bridgehead atoms. The summed E-state index contributed by atoms with van der Waals surface area (Å²) in [6.07, 6.45) is 0. The van der Waals surface area contributed by atoms with Gasteiger partial charge < -0.3 is 20.6 Å². The molecule has 0 spiro atoms. The molecule has 8 nitrogen and oxygen atoms in total. The maximum absolute atomic E-state index is 11.7. The first-order chi connectivity index (χ1) is 8.73. The van der Waals surface area contributed by atoms with Gasteiger partial charge in [-0.3, -0.25) is 19.2 Å². The molecule has 0 unspecified atom stereocenters. The summed E-state index contributed by atoms with van der Waals surface area (Å²) < 4.78 is 0. The summed E-state index contributed by atoms with van der Waals surface area (Å²) in [5.74, 6) is -2.47. The number of rotatable bonds is 7. The van der Waals surface area contributed by atoms with Crippen LogP contribution in [0.5, 0.6) is 0 Å². The fourth-order valence-corrected chi connectivity index (χ4v) is 1.25. The number of nitrogens with one attached hydrogen (secondary N) is 2. The van der Waals surface area contributed by atoms with E-state index >= 15 is 0 Å². The molecule has 108 valence electrons. The highest BCUT2D eigenvalue weighted by atomic mass is 16.4. The smallest absolute Gasteiger partial charge is 0.323 e.